The highest BCUT2D eigenvalue weighted by Gasteiger charge is 2.52. The van der Waals surface area contributed by atoms with Crippen LogP contribution < -0.4 is 16.0 Å². The van der Waals surface area contributed by atoms with E-state index in [9.17, 15) is 18.0 Å². The predicted octanol–water partition coefficient (Wildman–Crippen LogP) is 0.375. The Hall–Kier alpha value is -2.17. The second-order valence-electron chi connectivity index (χ2n) is 4.71. The van der Waals surface area contributed by atoms with Crippen molar-refractivity contribution in [3.63, 3.8) is 0 Å². The molecule has 1 rings (SSSR count). The first-order valence-electron chi connectivity index (χ1n) is 7.21. The highest BCUT2D eigenvalue weighted by Crippen LogP contribution is 2.20. The Balaban J connectivity index is 2.95. The number of hydrogen-bond donors (Lipinski definition) is 3. The van der Waals surface area contributed by atoms with Crippen LogP contribution in [-0.4, -0.2) is 32.0 Å². The number of nitrogens with one attached hydrogen (secondary N) is 2. The molecule has 4 N–H and O–H groups in total. The average Bonchev–Trinajstić information content (AvgIpc) is 2.58. The topological polar surface area (TPSA) is 137 Å². The molecule has 0 heterocycles. The molecule has 10 heteroatoms. The van der Waals surface area contributed by atoms with E-state index in [1.807, 2.05) is 0 Å². The van der Waals surface area contributed by atoms with Crippen LogP contribution >= 0.6 is 0 Å². The first-order valence-corrected chi connectivity index (χ1v) is 8.69. The zero-order valence-electron chi connectivity index (χ0n) is 13.4. The highest BCUT2D eigenvalue weighted by molar-refractivity contribution is 7.91. The maximum absolute atomic E-state index is 12.2. The number of carbonyl (C=O) groups is 2. The summed E-state index contributed by atoms with van der Waals surface area (Å²) in [6, 6.07) is 8.77. The summed E-state index contributed by atoms with van der Waals surface area (Å²) < 4.78 is 34.1. The molecule has 1 unspecified atom stereocenters. The highest BCUT2D eigenvalue weighted by atomic mass is 32.2. The molecule has 0 spiro atoms. The molecular weight excluding hydrogens is 338 g/mol. The summed E-state index contributed by atoms with van der Waals surface area (Å²) >= 11 is 0. The molecular formula is C14H21N3O6S. The van der Waals surface area contributed by atoms with Crippen molar-refractivity contribution in [2.24, 2.45) is 5.84 Å². The molecule has 0 radical (unpaired) electrons. The molecule has 1 aromatic rings. The van der Waals surface area contributed by atoms with Crippen LogP contribution in [0.4, 0.5) is 4.79 Å². The van der Waals surface area contributed by atoms with Gasteiger partial charge in [0.25, 0.3) is 14.9 Å². The summed E-state index contributed by atoms with van der Waals surface area (Å²) in [6.45, 7) is 2.74. The minimum Gasteiger partial charge on any atom is -0.463 e. The summed E-state index contributed by atoms with van der Waals surface area (Å²) in [5.74, 6) is 3.85. The number of amides is 1. The minimum atomic E-state index is -4.43. The van der Waals surface area contributed by atoms with Gasteiger partial charge in [0.05, 0.1) is 6.61 Å². The number of nitrogens with two attached hydrogens (primary N) is 1. The van der Waals surface area contributed by atoms with Gasteiger partial charge in [-0.25, -0.2) is 18.0 Å². The van der Waals surface area contributed by atoms with Gasteiger partial charge in [-0.2, -0.15) is 4.83 Å². The molecule has 0 bridgehead atoms. The van der Waals surface area contributed by atoms with Gasteiger partial charge in [0, 0.05) is 0 Å². The number of sulfonamides is 1. The second kappa shape index (κ2) is 8.62. The SMILES string of the molecule is CCOC(=O)C(CC)(NC(=O)OCc1ccccc1)S(=O)(=O)NN. The molecule has 0 saturated carbocycles. The van der Waals surface area contributed by atoms with Crippen LogP contribution in [0.3, 0.4) is 0 Å². The molecule has 1 atom stereocenters. The van der Waals surface area contributed by atoms with Gasteiger partial charge in [0.2, 0.25) is 0 Å². The summed E-state index contributed by atoms with van der Waals surface area (Å²) in [5, 5.41) is 2.06. The smallest absolute Gasteiger partial charge is 0.409 e. The summed E-state index contributed by atoms with van der Waals surface area (Å²) in [6.07, 6.45) is -1.40. The van der Waals surface area contributed by atoms with Crippen molar-refractivity contribution in [1.29, 1.82) is 0 Å². The first-order chi connectivity index (χ1) is 11.3. The van der Waals surface area contributed by atoms with Gasteiger partial charge in [0.15, 0.2) is 0 Å². The third-order valence-electron chi connectivity index (χ3n) is 3.23. The molecule has 24 heavy (non-hydrogen) atoms. The number of alkyl carbamates (subject to hydrolysis) is 1. The second-order valence-corrected chi connectivity index (χ2v) is 6.65. The van der Waals surface area contributed by atoms with Crippen molar-refractivity contribution in [3.05, 3.63) is 35.9 Å². The Kier molecular flexibility index (Phi) is 7.14. The van der Waals surface area contributed by atoms with Crippen molar-refractivity contribution in [1.82, 2.24) is 10.1 Å². The molecule has 9 nitrogen and oxygen atoms in total. The summed E-state index contributed by atoms with van der Waals surface area (Å²) in [7, 11) is -4.43. The van der Waals surface area contributed by atoms with Crippen molar-refractivity contribution in [3.8, 4) is 0 Å². The van der Waals surface area contributed by atoms with Crippen LogP contribution in [0.2, 0.25) is 0 Å². The standard InChI is InChI=1S/C14H21N3O6S/c1-3-14(12(18)22-4-2,24(20,21)17-15)16-13(19)23-10-11-8-6-5-7-9-11/h5-9,17H,3-4,10,15H2,1-2H3,(H,16,19). The maximum atomic E-state index is 12.2. The van der Waals surface area contributed by atoms with Crippen LogP contribution in [-0.2, 0) is 30.9 Å². The molecule has 1 amide bonds. The van der Waals surface area contributed by atoms with Gasteiger partial charge in [-0.3, -0.25) is 11.2 Å². The van der Waals surface area contributed by atoms with Gasteiger partial charge in [-0.05, 0) is 18.9 Å². The molecule has 0 aliphatic carbocycles. The van der Waals surface area contributed by atoms with Crippen LogP contribution in [0.15, 0.2) is 30.3 Å². The zero-order valence-corrected chi connectivity index (χ0v) is 14.3. The quantitative estimate of drug-likeness (QED) is 0.346. The number of ether oxygens (including phenoxy) is 2. The van der Waals surface area contributed by atoms with Crippen LogP contribution in [0.5, 0.6) is 0 Å². The van der Waals surface area contributed by atoms with E-state index in [1.54, 1.807) is 35.2 Å². The van der Waals surface area contributed by atoms with Crippen molar-refractivity contribution in [2.45, 2.75) is 31.7 Å². The van der Waals surface area contributed by atoms with E-state index in [0.717, 1.165) is 0 Å². The lowest BCUT2D eigenvalue weighted by Gasteiger charge is -2.29. The average molecular weight is 359 g/mol. The van der Waals surface area contributed by atoms with E-state index >= 15 is 0 Å². The van der Waals surface area contributed by atoms with Gasteiger partial charge < -0.3 is 9.47 Å². The summed E-state index contributed by atoms with van der Waals surface area (Å²) in [4.78, 5) is 23.3. The van der Waals surface area contributed by atoms with E-state index < -0.39 is 27.0 Å². The fourth-order valence-electron chi connectivity index (χ4n) is 1.92. The molecule has 0 aliphatic heterocycles. The first kappa shape index (κ1) is 19.9. The molecule has 0 aromatic heterocycles. The van der Waals surface area contributed by atoms with Gasteiger partial charge in [-0.1, -0.05) is 37.3 Å². The maximum Gasteiger partial charge on any atom is 0.409 e. The van der Waals surface area contributed by atoms with Gasteiger partial charge in [0.1, 0.15) is 6.61 Å². The van der Waals surface area contributed by atoms with Crippen LogP contribution in [0, 0.1) is 0 Å². The van der Waals surface area contributed by atoms with E-state index in [0.29, 0.717) is 5.56 Å². The molecule has 0 fully saturated rings. The van der Waals surface area contributed by atoms with E-state index in [2.05, 4.69) is 5.32 Å². The number of rotatable bonds is 8. The number of benzene rings is 1. The molecule has 0 aliphatic rings. The van der Waals surface area contributed by atoms with Crippen molar-refractivity contribution >= 4 is 22.1 Å². The number of carbonyl (C=O) groups excluding carboxylic acids is 2. The van der Waals surface area contributed by atoms with E-state index in [4.69, 9.17) is 15.3 Å². The largest absolute Gasteiger partial charge is 0.463 e. The van der Waals surface area contributed by atoms with E-state index in [-0.39, 0.29) is 19.6 Å². The fraction of sp³-hybridized carbons (Fsp3) is 0.429. The minimum absolute atomic E-state index is 0.0680. The third kappa shape index (κ3) is 4.43. The fourth-order valence-corrected chi connectivity index (χ4v) is 3.00. The molecule has 0 saturated heterocycles. The zero-order chi connectivity index (χ0) is 18.2. The number of esters is 1. The third-order valence-corrected chi connectivity index (χ3v) is 5.02. The lowest BCUT2D eigenvalue weighted by molar-refractivity contribution is -0.147. The van der Waals surface area contributed by atoms with Gasteiger partial charge >= 0.3 is 12.1 Å². The Morgan fingerprint density at radius 2 is 1.79 bits per heavy atom. The van der Waals surface area contributed by atoms with Crippen molar-refractivity contribution in [2.75, 3.05) is 6.61 Å². The number of hydrazine groups is 1. The molecule has 1 aromatic carbocycles. The van der Waals surface area contributed by atoms with Crippen LogP contribution in [0.25, 0.3) is 0 Å². The Labute approximate surface area is 140 Å². The summed E-state index contributed by atoms with van der Waals surface area (Å²) in [5.41, 5.74) is 0.700. The normalized spacial score (nSPS) is 13.6. The predicted molar refractivity (Wildman–Crippen MR) is 85.7 cm³/mol. The van der Waals surface area contributed by atoms with E-state index in [1.165, 1.54) is 13.8 Å². The number of hydrogen-bond acceptors (Lipinski definition) is 7. The Morgan fingerprint density at radius 1 is 1.17 bits per heavy atom. The molecule has 134 valence electrons. The monoisotopic (exact) mass is 359 g/mol. The lowest BCUT2D eigenvalue weighted by Crippen LogP contribution is -2.64. The Morgan fingerprint density at radius 3 is 2.29 bits per heavy atom. The Bertz CT molecular complexity index is 664. The van der Waals surface area contributed by atoms with Gasteiger partial charge in [-0.15, -0.1) is 0 Å². The lowest BCUT2D eigenvalue weighted by atomic mass is 10.2. The van der Waals surface area contributed by atoms with Crippen molar-refractivity contribution < 1.29 is 27.5 Å². The van der Waals surface area contributed by atoms with Crippen LogP contribution in [0.1, 0.15) is 25.8 Å².